The molecule has 23 heavy (non-hydrogen) atoms. The molecule has 3 aromatic heterocycles. The third-order valence-electron chi connectivity index (χ3n) is 4.48. The van der Waals surface area contributed by atoms with Gasteiger partial charge < -0.3 is 20.2 Å². The second-order valence-electron chi connectivity index (χ2n) is 6.02. The highest BCUT2D eigenvalue weighted by Crippen LogP contribution is 2.30. The Morgan fingerprint density at radius 3 is 3.04 bits per heavy atom. The van der Waals surface area contributed by atoms with Crippen LogP contribution >= 0.6 is 0 Å². The number of carbonyl (C=O) groups is 1. The second-order valence-corrected chi connectivity index (χ2v) is 6.02. The molecule has 1 aliphatic rings. The van der Waals surface area contributed by atoms with Crippen molar-refractivity contribution in [1.82, 2.24) is 30.2 Å². The van der Waals surface area contributed by atoms with Crippen molar-refractivity contribution in [2.45, 2.75) is 32.4 Å². The van der Waals surface area contributed by atoms with Crippen LogP contribution in [-0.2, 0) is 11.3 Å². The number of hydrogen-bond acceptors (Lipinski definition) is 4. The number of hydrogen-bond donors (Lipinski definition) is 3. The number of rotatable bonds is 3. The summed E-state index contributed by atoms with van der Waals surface area (Å²) in [5.74, 6) is 0.858. The summed E-state index contributed by atoms with van der Waals surface area (Å²) in [6.07, 6.45) is 5.84. The van der Waals surface area contributed by atoms with Crippen molar-refractivity contribution in [3.05, 3.63) is 24.3 Å². The van der Waals surface area contributed by atoms with Gasteiger partial charge in [-0.25, -0.2) is 9.97 Å². The van der Waals surface area contributed by atoms with Crippen molar-refractivity contribution in [1.29, 1.82) is 0 Å². The fourth-order valence-electron chi connectivity index (χ4n) is 3.43. The maximum absolute atomic E-state index is 11.3. The Kier molecular flexibility index (Phi) is 3.49. The van der Waals surface area contributed by atoms with Gasteiger partial charge in [0, 0.05) is 24.5 Å². The molecule has 3 N–H and O–H groups in total. The van der Waals surface area contributed by atoms with Crippen molar-refractivity contribution in [2.24, 2.45) is 0 Å². The zero-order valence-electron chi connectivity index (χ0n) is 13.1. The lowest BCUT2D eigenvalue weighted by molar-refractivity contribution is -0.119. The van der Waals surface area contributed by atoms with Crippen LogP contribution in [0.25, 0.3) is 22.1 Å². The van der Waals surface area contributed by atoms with E-state index in [0.29, 0.717) is 12.6 Å². The standard InChI is InChI=1S/C16H20N6O/c1-10(23)19-9-14-21-13-8-20-16-12(4-7-18-16)15(13)22(14)11-2-5-17-6-3-11/h4,7-8,11,17H,2-3,5-6,9H2,1H3,(H,18,20)(H,19,23). The summed E-state index contributed by atoms with van der Waals surface area (Å²) in [6, 6.07) is 2.44. The van der Waals surface area contributed by atoms with Crippen molar-refractivity contribution in [2.75, 3.05) is 13.1 Å². The summed E-state index contributed by atoms with van der Waals surface area (Å²) in [7, 11) is 0. The summed E-state index contributed by atoms with van der Waals surface area (Å²) in [5, 5.41) is 7.37. The number of pyridine rings is 1. The molecule has 1 amide bonds. The van der Waals surface area contributed by atoms with Crippen LogP contribution in [0.4, 0.5) is 0 Å². The van der Waals surface area contributed by atoms with E-state index in [4.69, 9.17) is 4.98 Å². The van der Waals surface area contributed by atoms with Gasteiger partial charge in [0.1, 0.15) is 17.0 Å². The van der Waals surface area contributed by atoms with Gasteiger partial charge in [-0.3, -0.25) is 4.79 Å². The first-order chi connectivity index (χ1) is 11.2. The van der Waals surface area contributed by atoms with E-state index >= 15 is 0 Å². The molecule has 7 heteroatoms. The predicted molar refractivity (Wildman–Crippen MR) is 88.0 cm³/mol. The number of H-pyrrole nitrogens is 1. The minimum absolute atomic E-state index is 0.0427. The molecular weight excluding hydrogens is 292 g/mol. The Labute approximate surface area is 133 Å². The Morgan fingerprint density at radius 1 is 1.43 bits per heavy atom. The Bertz CT molecular complexity index is 858. The zero-order chi connectivity index (χ0) is 15.8. The average molecular weight is 312 g/mol. The smallest absolute Gasteiger partial charge is 0.217 e. The quantitative estimate of drug-likeness (QED) is 0.683. The molecule has 1 aliphatic heterocycles. The van der Waals surface area contributed by atoms with Gasteiger partial charge >= 0.3 is 0 Å². The summed E-state index contributed by atoms with van der Waals surface area (Å²) in [5.41, 5.74) is 2.87. The number of piperidine rings is 1. The van der Waals surface area contributed by atoms with Crippen LogP contribution in [-0.4, -0.2) is 38.5 Å². The zero-order valence-corrected chi connectivity index (χ0v) is 13.1. The molecule has 0 unspecified atom stereocenters. The van der Waals surface area contributed by atoms with Crippen LogP contribution in [0.1, 0.15) is 31.6 Å². The molecule has 4 heterocycles. The van der Waals surface area contributed by atoms with Crippen molar-refractivity contribution in [3.8, 4) is 0 Å². The normalized spacial score (nSPS) is 16.2. The molecule has 0 bridgehead atoms. The third kappa shape index (κ3) is 2.46. The summed E-state index contributed by atoms with van der Waals surface area (Å²) in [6.45, 7) is 3.99. The molecule has 0 aliphatic carbocycles. The molecular formula is C16H20N6O. The number of nitrogens with zero attached hydrogens (tertiary/aromatic N) is 3. The van der Waals surface area contributed by atoms with E-state index in [1.807, 2.05) is 18.5 Å². The Morgan fingerprint density at radius 2 is 2.26 bits per heavy atom. The van der Waals surface area contributed by atoms with Gasteiger partial charge in [-0.2, -0.15) is 0 Å². The monoisotopic (exact) mass is 312 g/mol. The lowest BCUT2D eigenvalue weighted by Crippen LogP contribution is -2.31. The summed E-state index contributed by atoms with van der Waals surface area (Å²) < 4.78 is 2.31. The topological polar surface area (TPSA) is 87.6 Å². The van der Waals surface area contributed by atoms with Crippen LogP contribution in [0.2, 0.25) is 0 Å². The average Bonchev–Trinajstić information content (AvgIpc) is 3.17. The summed E-state index contributed by atoms with van der Waals surface area (Å²) >= 11 is 0. The van der Waals surface area contributed by atoms with Gasteiger partial charge in [-0.1, -0.05) is 0 Å². The highest BCUT2D eigenvalue weighted by atomic mass is 16.1. The molecule has 4 rings (SSSR count). The maximum Gasteiger partial charge on any atom is 0.217 e. The molecule has 0 saturated carbocycles. The minimum atomic E-state index is -0.0427. The number of nitrogens with one attached hydrogen (secondary N) is 3. The fraction of sp³-hybridized carbons (Fsp3) is 0.438. The number of aromatic amines is 1. The first kappa shape index (κ1) is 14.2. The van der Waals surface area contributed by atoms with E-state index in [1.165, 1.54) is 6.92 Å². The van der Waals surface area contributed by atoms with Gasteiger partial charge in [-0.15, -0.1) is 0 Å². The lowest BCUT2D eigenvalue weighted by atomic mass is 10.1. The van der Waals surface area contributed by atoms with Crippen LogP contribution in [0.5, 0.6) is 0 Å². The Hall–Kier alpha value is -2.41. The molecule has 0 atom stereocenters. The molecule has 7 nitrogen and oxygen atoms in total. The highest BCUT2D eigenvalue weighted by molar-refractivity contribution is 6.01. The van der Waals surface area contributed by atoms with Crippen LogP contribution in [0, 0.1) is 0 Å². The third-order valence-corrected chi connectivity index (χ3v) is 4.48. The number of fused-ring (bicyclic) bond motifs is 3. The van der Waals surface area contributed by atoms with Gasteiger partial charge in [0.15, 0.2) is 0 Å². The van der Waals surface area contributed by atoms with Crippen molar-refractivity contribution in [3.63, 3.8) is 0 Å². The van der Waals surface area contributed by atoms with Gasteiger partial charge in [0.2, 0.25) is 5.91 Å². The van der Waals surface area contributed by atoms with E-state index in [9.17, 15) is 4.79 Å². The Balaban J connectivity index is 1.90. The molecule has 0 radical (unpaired) electrons. The molecule has 0 aromatic carbocycles. The van der Waals surface area contributed by atoms with E-state index in [2.05, 4.69) is 25.2 Å². The largest absolute Gasteiger partial charge is 0.349 e. The summed E-state index contributed by atoms with van der Waals surface area (Å²) in [4.78, 5) is 23.7. The van der Waals surface area contributed by atoms with Gasteiger partial charge in [0.05, 0.1) is 18.3 Å². The molecule has 1 saturated heterocycles. The van der Waals surface area contributed by atoms with Crippen molar-refractivity contribution >= 4 is 28.0 Å². The lowest BCUT2D eigenvalue weighted by Gasteiger charge is -2.26. The van der Waals surface area contributed by atoms with Crippen molar-refractivity contribution < 1.29 is 4.79 Å². The SMILES string of the molecule is CC(=O)NCc1nc2cnc3[nH]ccc3c2n1C1CCNCC1. The number of aromatic nitrogens is 4. The number of imidazole rings is 1. The first-order valence-electron chi connectivity index (χ1n) is 8.02. The minimum Gasteiger partial charge on any atom is -0.349 e. The fourth-order valence-corrected chi connectivity index (χ4v) is 3.43. The number of carbonyl (C=O) groups excluding carboxylic acids is 1. The van der Waals surface area contributed by atoms with Crippen LogP contribution in [0.3, 0.4) is 0 Å². The predicted octanol–water partition coefficient (Wildman–Crippen LogP) is 1.47. The number of amides is 1. The van der Waals surface area contributed by atoms with E-state index in [1.54, 1.807) is 0 Å². The first-order valence-corrected chi connectivity index (χ1v) is 8.02. The van der Waals surface area contributed by atoms with Gasteiger partial charge in [-0.05, 0) is 32.0 Å². The molecule has 0 spiro atoms. The van der Waals surface area contributed by atoms with Crippen LogP contribution < -0.4 is 10.6 Å². The highest BCUT2D eigenvalue weighted by Gasteiger charge is 2.23. The van der Waals surface area contributed by atoms with E-state index in [0.717, 1.165) is 53.8 Å². The maximum atomic E-state index is 11.3. The van der Waals surface area contributed by atoms with E-state index < -0.39 is 0 Å². The van der Waals surface area contributed by atoms with Crippen LogP contribution in [0.15, 0.2) is 18.5 Å². The molecule has 3 aromatic rings. The second kappa shape index (κ2) is 5.66. The van der Waals surface area contributed by atoms with Gasteiger partial charge in [0.25, 0.3) is 0 Å². The molecule has 120 valence electrons. The molecule has 1 fully saturated rings. The van der Waals surface area contributed by atoms with E-state index in [-0.39, 0.29) is 5.91 Å².